The quantitative estimate of drug-likeness (QED) is 0.496. The summed E-state index contributed by atoms with van der Waals surface area (Å²) in [6, 6.07) is 3.75. The lowest BCUT2D eigenvalue weighted by Crippen LogP contribution is -2.39. The van der Waals surface area contributed by atoms with Crippen molar-refractivity contribution in [1.82, 2.24) is 5.32 Å². The largest absolute Gasteiger partial charge is 0.467 e. The number of ether oxygens (including phenoxy) is 1. The van der Waals surface area contributed by atoms with Crippen LogP contribution < -0.4 is 10.2 Å². The molecule has 1 aliphatic heterocycles. The number of methoxy groups -OCH3 is 1. The van der Waals surface area contributed by atoms with Gasteiger partial charge in [0.1, 0.15) is 11.7 Å². The molecule has 1 aromatic rings. The molecule has 0 aromatic heterocycles. The van der Waals surface area contributed by atoms with E-state index in [1.807, 2.05) is 11.8 Å². The normalized spacial score (nSPS) is 20.9. The third-order valence-corrected chi connectivity index (χ3v) is 4.79. The Bertz CT molecular complexity index is 691. The SMILES string of the molecule is COC(=O)C(C)NC(=O)c1ccc(N2CCC(C)C2C)c([N+](=O)[O-])c1. The van der Waals surface area contributed by atoms with E-state index in [0.717, 1.165) is 13.0 Å². The number of anilines is 1. The van der Waals surface area contributed by atoms with Crippen molar-refractivity contribution in [3.63, 3.8) is 0 Å². The molecule has 0 radical (unpaired) electrons. The number of nitro groups is 1. The van der Waals surface area contributed by atoms with E-state index in [-0.39, 0.29) is 17.3 Å². The van der Waals surface area contributed by atoms with Crippen LogP contribution in [0.5, 0.6) is 0 Å². The van der Waals surface area contributed by atoms with Crippen molar-refractivity contribution in [3.05, 3.63) is 33.9 Å². The zero-order valence-corrected chi connectivity index (χ0v) is 14.8. The number of nitrogens with zero attached hydrogens (tertiary/aromatic N) is 2. The molecule has 1 aliphatic rings. The molecule has 0 spiro atoms. The molecule has 1 saturated heterocycles. The molecule has 0 aliphatic carbocycles. The van der Waals surface area contributed by atoms with Crippen LogP contribution in [0, 0.1) is 16.0 Å². The van der Waals surface area contributed by atoms with Crippen molar-refractivity contribution in [2.75, 3.05) is 18.6 Å². The smallest absolute Gasteiger partial charge is 0.328 e. The zero-order chi connectivity index (χ0) is 18.7. The summed E-state index contributed by atoms with van der Waals surface area (Å²) >= 11 is 0. The topological polar surface area (TPSA) is 102 Å². The maximum absolute atomic E-state index is 12.2. The van der Waals surface area contributed by atoms with Gasteiger partial charge in [0.05, 0.1) is 12.0 Å². The van der Waals surface area contributed by atoms with E-state index < -0.39 is 22.8 Å². The maximum Gasteiger partial charge on any atom is 0.328 e. The van der Waals surface area contributed by atoms with Crippen LogP contribution in [0.15, 0.2) is 18.2 Å². The molecular weight excluding hydrogens is 326 g/mol. The Morgan fingerprint density at radius 3 is 2.60 bits per heavy atom. The lowest BCUT2D eigenvalue weighted by molar-refractivity contribution is -0.384. The van der Waals surface area contributed by atoms with Gasteiger partial charge in [-0.25, -0.2) is 4.79 Å². The molecule has 1 heterocycles. The van der Waals surface area contributed by atoms with Gasteiger partial charge in [-0.15, -0.1) is 0 Å². The molecule has 1 amide bonds. The van der Waals surface area contributed by atoms with Crippen molar-refractivity contribution >= 4 is 23.3 Å². The fourth-order valence-electron chi connectivity index (χ4n) is 3.00. The molecule has 8 heteroatoms. The molecule has 0 saturated carbocycles. The molecule has 25 heavy (non-hydrogen) atoms. The van der Waals surface area contributed by atoms with Crippen molar-refractivity contribution in [2.45, 2.75) is 39.3 Å². The number of esters is 1. The number of carbonyl (C=O) groups is 2. The van der Waals surface area contributed by atoms with Crippen LogP contribution in [-0.4, -0.2) is 42.5 Å². The van der Waals surface area contributed by atoms with E-state index >= 15 is 0 Å². The Kier molecular flexibility index (Phi) is 5.61. The van der Waals surface area contributed by atoms with Crippen LogP contribution in [0.25, 0.3) is 0 Å². The highest BCUT2D eigenvalue weighted by molar-refractivity contribution is 5.98. The number of benzene rings is 1. The van der Waals surface area contributed by atoms with E-state index in [2.05, 4.69) is 17.0 Å². The third-order valence-electron chi connectivity index (χ3n) is 4.79. The summed E-state index contributed by atoms with van der Waals surface area (Å²) in [6.45, 7) is 6.39. The molecule has 0 bridgehead atoms. The summed E-state index contributed by atoms with van der Waals surface area (Å²) in [5.41, 5.74) is 0.532. The minimum Gasteiger partial charge on any atom is -0.467 e. The van der Waals surface area contributed by atoms with Crippen LogP contribution in [0.1, 0.15) is 37.6 Å². The van der Waals surface area contributed by atoms with Crippen LogP contribution >= 0.6 is 0 Å². The lowest BCUT2D eigenvalue weighted by atomic mass is 10.0. The first-order chi connectivity index (χ1) is 11.8. The Morgan fingerprint density at radius 1 is 1.40 bits per heavy atom. The van der Waals surface area contributed by atoms with Crippen molar-refractivity contribution in [1.29, 1.82) is 0 Å². The van der Waals surface area contributed by atoms with Gasteiger partial charge in [0, 0.05) is 24.2 Å². The summed E-state index contributed by atoms with van der Waals surface area (Å²) in [4.78, 5) is 36.7. The van der Waals surface area contributed by atoms with E-state index in [1.54, 1.807) is 6.07 Å². The highest BCUT2D eigenvalue weighted by atomic mass is 16.6. The number of carbonyl (C=O) groups excluding carboxylic acids is 2. The zero-order valence-electron chi connectivity index (χ0n) is 14.8. The lowest BCUT2D eigenvalue weighted by Gasteiger charge is -2.25. The molecule has 1 fully saturated rings. The van der Waals surface area contributed by atoms with Crippen molar-refractivity contribution in [2.24, 2.45) is 5.92 Å². The molecule has 1 aromatic carbocycles. The predicted octanol–water partition coefficient (Wildman–Crippen LogP) is 2.12. The Hall–Kier alpha value is -2.64. The molecule has 136 valence electrons. The highest BCUT2D eigenvalue weighted by Crippen LogP contribution is 2.36. The summed E-state index contributed by atoms with van der Waals surface area (Å²) in [5, 5.41) is 14.0. The Morgan fingerprint density at radius 2 is 2.08 bits per heavy atom. The number of nitrogens with one attached hydrogen (secondary N) is 1. The summed E-state index contributed by atoms with van der Waals surface area (Å²) < 4.78 is 4.55. The first-order valence-electron chi connectivity index (χ1n) is 8.20. The van der Waals surface area contributed by atoms with E-state index in [9.17, 15) is 19.7 Å². The van der Waals surface area contributed by atoms with Gasteiger partial charge in [-0.2, -0.15) is 0 Å². The average molecular weight is 349 g/mol. The second kappa shape index (κ2) is 7.50. The molecule has 1 N–H and O–H groups in total. The molecule has 2 rings (SSSR count). The minimum absolute atomic E-state index is 0.112. The van der Waals surface area contributed by atoms with Gasteiger partial charge in [-0.3, -0.25) is 14.9 Å². The number of nitro benzene ring substituents is 1. The fraction of sp³-hybridized carbons (Fsp3) is 0.529. The number of amides is 1. The molecular formula is C17H23N3O5. The minimum atomic E-state index is -0.837. The van der Waals surface area contributed by atoms with Gasteiger partial charge in [-0.05, 0) is 38.3 Å². The van der Waals surface area contributed by atoms with Gasteiger partial charge in [0.15, 0.2) is 0 Å². The van der Waals surface area contributed by atoms with Gasteiger partial charge in [-0.1, -0.05) is 6.92 Å². The monoisotopic (exact) mass is 349 g/mol. The van der Waals surface area contributed by atoms with Crippen LogP contribution in [0.2, 0.25) is 0 Å². The molecule has 3 atom stereocenters. The fourth-order valence-corrected chi connectivity index (χ4v) is 3.00. The average Bonchev–Trinajstić information content (AvgIpc) is 2.92. The van der Waals surface area contributed by atoms with Crippen molar-refractivity contribution < 1.29 is 19.2 Å². The van der Waals surface area contributed by atoms with Crippen LogP contribution in [0.4, 0.5) is 11.4 Å². The summed E-state index contributed by atoms with van der Waals surface area (Å²) in [5.74, 6) is -0.696. The predicted molar refractivity (Wildman–Crippen MR) is 92.6 cm³/mol. The maximum atomic E-state index is 12.2. The van der Waals surface area contributed by atoms with E-state index in [1.165, 1.54) is 26.2 Å². The van der Waals surface area contributed by atoms with Crippen molar-refractivity contribution in [3.8, 4) is 0 Å². The molecule has 8 nitrogen and oxygen atoms in total. The van der Waals surface area contributed by atoms with E-state index in [0.29, 0.717) is 11.6 Å². The second-order valence-corrected chi connectivity index (χ2v) is 6.38. The second-order valence-electron chi connectivity index (χ2n) is 6.38. The standard InChI is InChI=1S/C17H23N3O5/c1-10-7-8-19(12(10)3)14-6-5-13(9-15(14)20(23)24)16(21)18-11(2)17(22)25-4/h5-6,9-12H,7-8H2,1-4H3,(H,18,21). The van der Waals surface area contributed by atoms with Crippen LogP contribution in [-0.2, 0) is 9.53 Å². The van der Waals surface area contributed by atoms with E-state index in [4.69, 9.17) is 0 Å². The number of hydrogen-bond acceptors (Lipinski definition) is 6. The van der Waals surface area contributed by atoms with Gasteiger partial charge in [0.2, 0.25) is 0 Å². The third kappa shape index (κ3) is 3.89. The van der Waals surface area contributed by atoms with Gasteiger partial charge >= 0.3 is 5.97 Å². The highest BCUT2D eigenvalue weighted by Gasteiger charge is 2.32. The Labute approximate surface area is 146 Å². The van der Waals surface area contributed by atoms with Gasteiger partial charge in [0.25, 0.3) is 11.6 Å². The number of hydrogen-bond donors (Lipinski definition) is 1. The first-order valence-corrected chi connectivity index (χ1v) is 8.20. The number of rotatable bonds is 5. The Balaban J connectivity index is 2.28. The summed E-state index contributed by atoms with van der Waals surface area (Å²) in [7, 11) is 1.23. The van der Waals surface area contributed by atoms with Gasteiger partial charge < -0.3 is 15.0 Å². The molecule has 3 unspecified atom stereocenters. The first kappa shape index (κ1) is 18.7. The summed E-state index contributed by atoms with van der Waals surface area (Å²) in [6.07, 6.45) is 0.969. The van der Waals surface area contributed by atoms with Crippen LogP contribution in [0.3, 0.4) is 0 Å².